The van der Waals surface area contributed by atoms with E-state index in [0.717, 1.165) is 18.8 Å². The molecule has 1 heteroatoms. The van der Waals surface area contributed by atoms with Gasteiger partial charge < -0.3 is 5.11 Å². The first-order valence-electron chi connectivity index (χ1n) is 4.91. The maximum atomic E-state index is 8.62. The smallest absolute Gasteiger partial charge is 0.0431 e. The van der Waals surface area contributed by atoms with E-state index in [0.29, 0.717) is 6.61 Å². The van der Waals surface area contributed by atoms with Crippen LogP contribution in [0.15, 0.2) is 11.6 Å². The molecular formula is C11H22O. The van der Waals surface area contributed by atoms with E-state index in [2.05, 4.69) is 26.8 Å². The Kier molecular flexibility index (Phi) is 7.17. The molecule has 0 rings (SSSR count). The second kappa shape index (κ2) is 7.35. The maximum absolute atomic E-state index is 8.62. The first kappa shape index (κ1) is 11.7. The minimum absolute atomic E-state index is 0.340. The Hall–Kier alpha value is -0.300. The molecule has 0 aromatic carbocycles. The molecule has 0 radical (unpaired) electrons. The van der Waals surface area contributed by atoms with Crippen LogP contribution in [0.1, 0.15) is 46.5 Å². The highest BCUT2D eigenvalue weighted by Gasteiger charge is 1.99. The van der Waals surface area contributed by atoms with E-state index in [4.69, 9.17) is 5.11 Å². The van der Waals surface area contributed by atoms with Gasteiger partial charge in [0, 0.05) is 6.61 Å². The van der Waals surface area contributed by atoms with Crippen LogP contribution in [0.5, 0.6) is 0 Å². The van der Waals surface area contributed by atoms with E-state index in [1.54, 1.807) is 0 Å². The average Bonchev–Trinajstić information content (AvgIpc) is 2.00. The van der Waals surface area contributed by atoms with Crippen LogP contribution in [0.25, 0.3) is 0 Å². The fraction of sp³-hybridized carbons (Fsp3) is 0.818. The molecule has 0 aromatic rings. The minimum atomic E-state index is 0.340. The van der Waals surface area contributed by atoms with E-state index in [1.165, 1.54) is 18.4 Å². The fourth-order valence-corrected chi connectivity index (χ4v) is 1.24. The van der Waals surface area contributed by atoms with Gasteiger partial charge in [0.2, 0.25) is 0 Å². The Morgan fingerprint density at radius 2 is 2.00 bits per heavy atom. The van der Waals surface area contributed by atoms with E-state index in [9.17, 15) is 0 Å². The second-order valence-corrected chi connectivity index (χ2v) is 3.83. The largest absolute Gasteiger partial charge is 0.396 e. The van der Waals surface area contributed by atoms with Crippen LogP contribution in [-0.2, 0) is 0 Å². The van der Waals surface area contributed by atoms with Gasteiger partial charge >= 0.3 is 0 Å². The first-order chi connectivity index (χ1) is 5.66. The third-order valence-electron chi connectivity index (χ3n) is 2.07. The summed E-state index contributed by atoms with van der Waals surface area (Å²) in [5.74, 6) is 0.757. The predicted octanol–water partition coefficient (Wildman–Crippen LogP) is 3.14. The number of aliphatic hydroxyl groups excluding tert-OH is 1. The molecule has 1 unspecified atom stereocenters. The van der Waals surface area contributed by atoms with Crippen molar-refractivity contribution in [2.45, 2.75) is 46.5 Å². The van der Waals surface area contributed by atoms with Crippen LogP contribution in [0.3, 0.4) is 0 Å². The van der Waals surface area contributed by atoms with Gasteiger partial charge in [-0.25, -0.2) is 0 Å². The topological polar surface area (TPSA) is 20.2 Å². The van der Waals surface area contributed by atoms with Crippen LogP contribution in [0, 0.1) is 5.92 Å². The van der Waals surface area contributed by atoms with Crippen molar-refractivity contribution in [3.63, 3.8) is 0 Å². The van der Waals surface area contributed by atoms with E-state index in [-0.39, 0.29) is 0 Å². The van der Waals surface area contributed by atoms with E-state index < -0.39 is 0 Å². The lowest BCUT2D eigenvalue weighted by Gasteiger charge is -2.07. The summed E-state index contributed by atoms with van der Waals surface area (Å²) in [7, 11) is 0. The van der Waals surface area contributed by atoms with Crippen molar-refractivity contribution in [2.75, 3.05) is 6.61 Å². The lowest BCUT2D eigenvalue weighted by Crippen LogP contribution is -1.95. The Balaban J connectivity index is 3.31. The normalized spacial score (nSPS) is 12.7. The van der Waals surface area contributed by atoms with E-state index >= 15 is 0 Å². The zero-order valence-corrected chi connectivity index (χ0v) is 8.64. The van der Waals surface area contributed by atoms with Gasteiger partial charge in [-0.2, -0.15) is 0 Å². The number of allylic oxidation sites excluding steroid dienone is 2. The molecule has 1 nitrogen and oxygen atoms in total. The Morgan fingerprint density at radius 3 is 2.50 bits per heavy atom. The second-order valence-electron chi connectivity index (χ2n) is 3.83. The van der Waals surface area contributed by atoms with Crippen molar-refractivity contribution in [3.05, 3.63) is 11.6 Å². The van der Waals surface area contributed by atoms with Crippen molar-refractivity contribution in [1.29, 1.82) is 0 Å². The molecule has 0 heterocycles. The summed E-state index contributed by atoms with van der Waals surface area (Å²) in [6, 6.07) is 0. The standard InChI is InChI=1S/C11H22O/c1-10(2)6-4-7-11(3)8-5-9-12/h6,11-12H,4-5,7-9H2,1-3H3. The van der Waals surface area contributed by atoms with Gasteiger partial charge in [-0.05, 0) is 45.4 Å². The van der Waals surface area contributed by atoms with Crippen molar-refractivity contribution in [1.82, 2.24) is 0 Å². The molecule has 12 heavy (non-hydrogen) atoms. The lowest BCUT2D eigenvalue weighted by atomic mass is 9.99. The molecule has 0 aromatic heterocycles. The zero-order chi connectivity index (χ0) is 9.40. The summed E-state index contributed by atoms with van der Waals surface area (Å²) >= 11 is 0. The monoisotopic (exact) mass is 170 g/mol. The fourth-order valence-electron chi connectivity index (χ4n) is 1.24. The van der Waals surface area contributed by atoms with Gasteiger partial charge in [0.05, 0.1) is 0 Å². The van der Waals surface area contributed by atoms with Crippen LogP contribution in [-0.4, -0.2) is 11.7 Å². The van der Waals surface area contributed by atoms with Crippen molar-refractivity contribution >= 4 is 0 Å². The predicted molar refractivity (Wildman–Crippen MR) is 54.1 cm³/mol. The molecule has 0 aliphatic heterocycles. The van der Waals surface area contributed by atoms with E-state index in [1.807, 2.05) is 0 Å². The lowest BCUT2D eigenvalue weighted by molar-refractivity contribution is 0.272. The van der Waals surface area contributed by atoms with Crippen LogP contribution in [0.4, 0.5) is 0 Å². The molecule has 0 spiro atoms. The molecule has 0 saturated carbocycles. The molecule has 1 atom stereocenters. The Morgan fingerprint density at radius 1 is 1.33 bits per heavy atom. The molecule has 0 fully saturated rings. The molecule has 72 valence electrons. The number of aliphatic hydroxyl groups is 1. The molecule has 0 saturated heterocycles. The van der Waals surface area contributed by atoms with Gasteiger partial charge in [0.15, 0.2) is 0 Å². The van der Waals surface area contributed by atoms with Crippen molar-refractivity contribution < 1.29 is 5.11 Å². The average molecular weight is 170 g/mol. The molecular weight excluding hydrogens is 148 g/mol. The van der Waals surface area contributed by atoms with Crippen molar-refractivity contribution in [2.24, 2.45) is 5.92 Å². The van der Waals surface area contributed by atoms with Gasteiger partial charge in [-0.1, -0.05) is 18.6 Å². The highest BCUT2D eigenvalue weighted by atomic mass is 16.2. The molecule has 1 N–H and O–H groups in total. The molecule has 0 amide bonds. The summed E-state index contributed by atoms with van der Waals surface area (Å²) in [5, 5.41) is 8.62. The Labute approximate surface area is 76.5 Å². The van der Waals surface area contributed by atoms with Gasteiger partial charge in [-0.3, -0.25) is 0 Å². The van der Waals surface area contributed by atoms with Gasteiger partial charge in [0.25, 0.3) is 0 Å². The molecule has 0 bridgehead atoms. The summed E-state index contributed by atoms with van der Waals surface area (Å²) < 4.78 is 0. The first-order valence-corrected chi connectivity index (χ1v) is 4.91. The quantitative estimate of drug-likeness (QED) is 0.607. The van der Waals surface area contributed by atoms with Crippen LogP contribution < -0.4 is 0 Å². The zero-order valence-electron chi connectivity index (χ0n) is 8.64. The third-order valence-corrected chi connectivity index (χ3v) is 2.07. The summed E-state index contributed by atoms with van der Waals surface area (Å²) in [5.41, 5.74) is 1.41. The third kappa shape index (κ3) is 7.80. The number of rotatable bonds is 6. The summed E-state index contributed by atoms with van der Waals surface area (Å²) in [4.78, 5) is 0. The summed E-state index contributed by atoms with van der Waals surface area (Å²) in [6.07, 6.45) is 6.85. The number of hydrogen-bond acceptors (Lipinski definition) is 1. The van der Waals surface area contributed by atoms with Gasteiger partial charge in [0.1, 0.15) is 0 Å². The molecule has 0 aliphatic rings. The number of hydrogen-bond donors (Lipinski definition) is 1. The highest BCUT2D eigenvalue weighted by Crippen LogP contribution is 2.13. The van der Waals surface area contributed by atoms with Crippen molar-refractivity contribution in [3.8, 4) is 0 Å². The van der Waals surface area contributed by atoms with Gasteiger partial charge in [-0.15, -0.1) is 0 Å². The van der Waals surface area contributed by atoms with Crippen LogP contribution >= 0.6 is 0 Å². The maximum Gasteiger partial charge on any atom is 0.0431 e. The summed E-state index contributed by atoms with van der Waals surface area (Å²) in [6.45, 7) is 6.87. The molecule has 0 aliphatic carbocycles. The SMILES string of the molecule is CC(C)=CCCC(C)CCCO. The van der Waals surface area contributed by atoms with Crippen LogP contribution in [0.2, 0.25) is 0 Å². The highest BCUT2D eigenvalue weighted by molar-refractivity contribution is 4.92. The minimum Gasteiger partial charge on any atom is -0.396 e. The Bertz CT molecular complexity index is 123.